The maximum Gasteiger partial charge on any atom is 0.307 e. The van der Waals surface area contributed by atoms with Crippen molar-refractivity contribution in [2.75, 3.05) is 17.7 Å². The smallest absolute Gasteiger partial charge is 0.307 e. The Morgan fingerprint density at radius 2 is 1.71 bits per heavy atom. The van der Waals surface area contributed by atoms with Crippen LogP contribution in [0.2, 0.25) is 0 Å². The Kier molecular flexibility index (Phi) is 6.86. The lowest BCUT2D eigenvalue weighted by atomic mass is 10.2. The lowest BCUT2D eigenvalue weighted by molar-refractivity contribution is -0.146. The maximum absolute atomic E-state index is 12.3. The van der Waals surface area contributed by atoms with Gasteiger partial charge in [-0.2, -0.15) is 5.10 Å². The molecule has 0 unspecified atom stereocenters. The van der Waals surface area contributed by atoms with E-state index in [0.29, 0.717) is 11.5 Å². The predicted octanol–water partition coefficient (Wildman–Crippen LogP) is 2.83. The molecule has 162 valence electrons. The number of amides is 1. The Morgan fingerprint density at radius 1 is 1.03 bits per heavy atom. The number of carbonyl (C=O) groups excluding carboxylic acids is 2. The zero-order valence-electron chi connectivity index (χ0n) is 17.2. The summed E-state index contributed by atoms with van der Waals surface area (Å²) in [7, 11) is -3.61. The minimum atomic E-state index is -3.61. The highest BCUT2D eigenvalue weighted by atomic mass is 32.2. The molecule has 1 heterocycles. The van der Waals surface area contributed by atoms with E-state index in [2.05, 4.69) is 10.4 Å². The molecule has 9 heteroatoms. The average molecular weight is 442 g/mol. The van der Waals surface area contributed by atoms with Crippen LogP contribution in [0.25, 0.3) is 5.69 Å². The second-order valence-electron chi connectivity index (χ2n) is 7.01. The van der Waals surface area contributed by atoms with Crippen molar-refractivity contribution >= 4 is 27.5 Å². The summed E-state index contributed by atoms with van der Waals surface area (Å²) >= 11 is 0. The summed E-state index contributed by atoms with van der Waals surface area (Å²) < 4.78 is 31.1. The van der Waals surface area contributed by atoms with Crippen LogP contribution >= 0.6 is 0 Å². The van der Waals surface area contributed by atoms with E-state index in [-0.39, 0.29) is 11.3 Å². The minimum absolute atomic E-state index is 0.146. The van der Waals surface area contributed by atoms with Crippen molar-refractivity contribution in [1.29, 1.82) is 0 Å². The van der Waals surface area contributed by atoms with Crippen LogP contribution in [0.1, 0.15) is 17.7 Å². The van der Waals surface area contributed by atoms with E-state index in [4.69, 9.17) is 4.74 Å². The molecule has 0 aliphatic carbocycles. The highest BCUT2D eigenvalue weighted by molar-refractivity contribution is 7.91. The number of esters is 1. The molecule has 2 aromatic carbocycles. The zero-order chi connectivity index (χ0) is 22.4. The number of aryl methyl sites for hydroxylation is 2. The van der Waals surface area contributed by atoms with E-state index < -0.39 is 34.1 Å². The van der Waals surface area contributed by atoms with Crippen molar-refractivity contribution in [3.05, 3.63) is 71.9 Å². The van der Waals surface area contributed by atoms with Gasteiger partial charge in [-0.05, 0) is 38.1 Å². The van der Waals surface area contributed by atoms with Gasteiger partial charge >= 0.3 is 5.97 Å². The SMILES string of the molecule is Cc1ccc(S(=O)(=O)CCC(=O)OCC(=O)Nc2cc(C)nn2-c2ccccc2)cc1. The van der Waals surface area contributed by atoms with Gasteiger partial charge in [0.25, 0.3) is 5.91 Å². The number of nitrogens with one attached hydrogen (secondary N) is 1. The summed E-state index contributed by atoms with van der Waals surface area (Å²) in [5.41, 5.74) is 2.41. The number of anilines is 1. The minimum Gasteiger partial charge on any atom is -0.456 e. The molecule has 0 bridgehead atoms. The fraction of sp³-hybridized carbons (Fsp3) is 0.227. The summed E-state index contributed by atoms with van der Waals surface area (Å²) in [4.78, 5) is 24.3. The number of ether oxygens (including phenoxy) is 1. The quantitative estimate of drug-likeness (QED) is 0.539. The Morgan fingerprint density at radius 3 is 2.39 bits per heavy atom. The summed E-state index contributed by atoms with van der Waals surface area (Å²) in [6.45, 7) is 3.12. The first-order valence-electron chi connectivity index (χ1n) is 9.61. The first-order valence-corrected chi connectivity index (χ1v) is 11.3. The van der Waals surface area contributed by atoms with Gasteiger partial charge < -0.3 is 10.1 Å². The molecule has 8 nitrogen and oxygen atoms in total. The molecule has 1 N–H and O–H groups in total. The van der Waals surface area contributed by atoms with Gasteiger partial charge in [0.1, 0.15) is 5.82 Å². The Hall–Kier alpha value is -3.46. The number of carbonyl (C=O) groups is 2. The number of benzene rings is 2. The fourth-order valence-corrected chi connectivity index (χ4v) is 4.05. The number of rotatable bonds is 8. The molecule has 3 rings (SSSR count). The van der Waals surface area contributed by atoms with Crippen LogP contribution in [0.15, 0.2) is 65.6 Å². The van der Waals surface area contributed by atoms with Crippen molar-refractivity contribution in [1.82, 2.24) is 9.78 Å². The van der Waals surface area contributed by atoms with E-state index in [1.165, 1.54) is 12.1 Å². The molecule has 0 fully saturated rings. The van der Waals surface area contributed by atoms with E-state index in [0.717, 1.165) is 11.3 Å². The van der Waals surface area contributed by atoms with Crippen molar-refractivity contribution in [3.63, 3.8) is 0 Å². The lowest BCUT2D eigenvalue weighted by Gasteiger charge is -2.09. The molecule has 0 aliphatic rings. The number of hydrogen-bond donors (Lipinski definition) is 1. The van der Waals surface area contributed by atoms with Crippen LogP contribution in [0.4, 0.5) is 5.82 Å². The highest BCUT2D eigenvalue weighted by Gasteiger charge is 2.18. The first kappa shape index (κ1) is 22.2. The van der Waals surface area contributed by atoms with E-state index in [1.807, 2.05) is 37.3 Å². The second-order valence-corrected chi connectivity index (χ2v) is 9.12. The fourth-order valence-electron chi connectivity index (χ4n) is 2.83. The van der Waals surface area contributed by atoms with Gasteiger partial charge in [-0.1, -0.05) is 35.9 Å². The normalized spacial score (nSPS) is 11.2. The number of sulfone groups is 1. The monoisotopic (exact) mass is 441 g/mol. The highest BCUT2D eigenvalue weighted by Crippen LogP contribution is 2.17. The third-order valence-electron chi connectivity index (χ3n) is 4.42. The van der Waals surface area contributed by atoms with Gasteiger partial charge in [0.15, 0.2) is 16.4 Å². The standard InChI is InChI=1S/C22H23N3O5S/c1-16-8-10-19(11-9-16)31(28,29)13-12-22(27)30-15-21(26)23-20-14-17(2)24-25(20)18-6-4-3-5-7-18/h3-11,14H,12-13,15H2,1-2H3,(H,23,26). The molecule has 1 aromatic heterocycles. The van der Waals surface area contributed by atoms with Crippen molar-refractivity contribution < 1.29 is 22.7 Å². The van der Waals surface area contributed by atoms with Crippen molar-refractivity contribution in [3.8, 4) is 5.69 Å². The van der Waals surface area contributed by atoms with Crippen LogP contribution in [0, 0.1) is 13.8 Å². The number of para-hydroxylation sites is 1. The second kappa shape index (κ2) is 9.57. The molecule has 31 heavy (non-hydrogen) atoms. The third kappa shape index (κ3) is 6.02. The van der Waals surface area contributed by atoms with Gasteiger partial charge in [-0.25, -0.2) is 13.1 Å². The predicted molar refractivity (Wildman–Crippen MR) is 116 cm³/mol. The first-order chi connectivity index (χ1) is 14.7. The summed E-state index contributed by atoms with van der Waals surface area (Å²) in [5.74, 6) is -1.27. The van der Waals surface area contributed by atoms with Gasteiger partial charge in [-0.3, -0.25) is 9.59 Å². The van der Waals surface area contributed by atoms with E-state index in [1.54, 1.807) is 29.8 Å². The molecular formula is C22H23N3O5S. The van der Waals surface area contributed by atoms with Crippen LogP contribution < -0.4 is 5.32 Å². The topological polar surface area (TPSA) is 107 Å². The number of aromatic nitrogens is 2. The zero-order valence-corrected chi connectivity index (χ0v) is 18.1. The largest absolute Gasteiger partial charge is 0.456 e. The number of hydrogen-bond acceptors (Lipinski definition) is 6. The van der Waals surface area contributed by atoms with Crippen LogP contribution in [-0.4, -0.2) is 42.4 Å². The molecule has 3 aromatic rings. The third-order valence-corrected chi connectivity index (χ3v) is 6.15. The lowest BCUT2D eigenvalue weighted by Crippen LogP contribution is -2.23. The molecule has 0 aliphatic heterocycles. The van der Waals surface area contributed by atoms with E-state index in [9.17, 15) is 18.0 Å². The van der Waals surface area contributed by atoms with Gasteiger partial charge in [0, 0.05) is 6.07 Å². The van der Waals surface area contributed by atoms with Crippen LogP contribution in [0.3, 0.4) is 0 Å². The molecule has 1 amide bonds. The summed E-state index contributed by atoms with van der Waals surface area (Å²) in [5, 5.41) is 7.00. The molecule has 0 saturated heterocycles. The molecule has 0 atom stereocenters. The maximum atomic E-state index is 12.3. The van der Waals surface area contributed by atoms with Gasteiger partial charge in [0.05, 0.1) is 28.5 Å². The van der Waals surface area contributed by atoms with Crippen molar-refractivity contribution in [2.24, 2.45) is 0 Å². The van der Waals surface area contributed by atoms with Crippen LogP contribution in [-0.2, 0) is 24.2 Å². The average Bonchev–Trinajstić information content (AvgIpc) is 3.11. The van der Waals surface area contributed by atoms with E-state index >= 15 is 0 Å². The Labute approximate surface area is 180 Å². The summed E-state index contributed by atoms with van der Waals surface area (Å²) in [6.07, 6.45) is -0.343. The molecular weight excluding hydrogens is 418 g/mol. The summed E-state index contributed by atoms with van der Waals surface area (Å²) in [6, 6.07) is 17.3. The Bertz CT molecular complexity index is 1170. The van der Waals surface area contributed by atoms with Gasteiger partial charge in [-0.15, -0.1) is 0 Å². The molecule has 0 saturated carbocycles. The molecule has 0 spiro atoms. The Balaban J connectivity index is 1.52. The van der Waals surface area contributed by atoms with Crippen LogP contribution in [0.5, 0.6) is 0 Å². The van der Waals surface area contributed by atoms with Gasteiger partial charge in [0.2, 0.25) is 0 Å². The molecule has 0 radical (unpaired) electrons. The van der Waals surface area contributed by atoms with Crippen molar-refractivity contribution in [2.45, 2.75) is 25.2 Å². The number of nitrogens with zero attached hydrogens (tertiary/aromatic N) is 2.